The van der Waals surface area contributed by atoms with Crippen molar-refractivity contribution < 1.29 is 19.1 Å². The molecule has 6 heterocycles. The first-order valence-corrected chi connectivity index (χ1v) is 26.2. The van der Waals surface area contributed by atoms with Gasteiger partial charge in [0, 0.05) is 132 Å². The molecule has 15 heteroatoms. The number of benzene rings is 2. The molecule has 0 radical (unpaired) electrons. The van der Waals surface area contributed by atoms with Crippen LogP contribution in [0.2, 0.25) is 0 Å². The Balaban J connectivity index is 0.000000219. The number of aryl methyl sites for hydroxylation is 4. The van der Waals surface area contributed by atoms with Crippen LogP contribution in [0, 0.1) is 41.5 Å². The molecule has 3 saturated heterocycles. The van der Waals surface area contributed by atoms with Gasteiger partial charge in [0.1, 0.15) is 0 Å². The molecule has 5 aromatic rings. The van der Waals surface area contributed by atoms with Crippen LogP contribution in [-0.2, 0) is 29.1 Å². The summed E-state index contributed by atoms with van der Waals surface area (Å²) in [6, 6.07) is 16.9. The second-order valence-electron chi connectivity index (χ2n) is 19.3. The maximum absolute atomic E-state index is 13.7. The van der Waals surface area contributed by atoms with Crippen LogP contribution in [0.1, 0.15) is 124 Å². The van der Waals surface area contributed by atoms with Gasteiger partial charge in [-0.1, -0.05) is 22.0 Å². The Hall–Kier alpha value is -5.61. The van der Waals surface area contributed by atoms with Crippen molar-refractivity contribution in [1.82, 2.24) is 30.5 Å². The van der Waals surface area contributed by atoms with E-state index in [0.29, 0.717) is 34.3 Å². The largest absolute Gasteiger partial charge is 0.381 e. The predicted octanol–water partition coefficient (Wildman–Crippen LogP) is 8.89. The maximum atomic E-state index is 13.7. The normalized spacial score (nSPS) is 15.5. The average Bonchev–Trinajstić information content (AvgIpc) is 3.87. The quantitative estimate of drug-likeness (QED) is 0.0796. The molecule has 3 aliphatic rings. The van der Waals surface area contributed by atoms with Crippen molar-refractivity contribution in [2.24, 2.45) is 0 Å². The van der Waals surface area contributed by atoms with Gasteiger partial charge < -0.3 is 39.9 Å². The molecular weight excluding hydrogens is 961 g/mol. The summed E-state index contributed by atoms with van der Waals surface area (Å²) in [5, 5.41) is 5.96. The van der Waals surface area contributed by atoms with E-state index >= 15 is 0 Å². The van der Waals surface area contributed by atoms with Crippen LogP contribution >= 0.6 is 15.9 Å². The third kappa shape index (κ3) is 13.3. The van der Waals surface area contributed by atoms with Crippen LogP contribution in [0.15, 0.2) is 68.8 Å². The number of H-pyrrole nitrogens is 2. The van der Waals surface area contributed by atoms with E-state index in [1.54, 1.807) is 0 Å². The number of halogens is 1. The topological polar surface area (TPSA) is 165 Å². The molecule has 14 nitrogen and oxygen atoms in total. The Kier molecular flexibility index (Phi) is 18.5. The minimum absolute atomic E-state index is 0.156. The number of amides is 2. The van der Waals surface area contributed by atoms with Gasteiger partial charge in [0.2, 0.25) is 0 Å². The van der Waals surface area contributed by atoms with Gasteiger partial charge in [-0.25, -0.2) is 0 Å². The zero-order valence-corrected chi connectivity index (χ0v) is 44.6. The number of aromatic nitrogens is 3. The molecule has 3 aliphatic heterocycles. The summed E-state index contributed by atoms with van der Waals surface area (Å²) in [7, 11) is 0. The lowest BCUT2D eigenvalue weighted by atomic mass is 9.95. The van der Waals surface area contributed by atoms with Crippen molar-refractivity contribution in [2.75, 3.05) is 62.4 Å². The van der Waals surface area contributed by atoms with E-state index in [9.17, 15) is 19.2 Å². The van der Waals surface area contributed by atoms with Crippen LogP contribution < -0.4 is 31.6 Å². The van der Waals surface area contributed by atoms with Crippen LogP contribution in [-0.4, -0.2) is 96.4 Å². The fourth-order valence-electron chi connectivity index (χ4n) is 10.4. The van der Waals surface area contributed by atoms with Crippen LogP contribution in [0.4, 0.5) is 11.4 Å². The molecule has 0 bridgehead atoms. The van der Waals surface area contributed by atoms with Crippen molar-refractivity contribution in [3.8, 4) is 11.1 Å². The van der Waals surface area contributed by atoms with Gasteiger partial charge in [-0.15, -0.1) is 0 Å². The molecule has 71 heavy (non-hydrogen) atoms. The third-order valence-electron chi connectivity index (χ3n) is 14.4. The molecule has 3 aromatic heterocycles. The molecular formula is C56H73BrN8O6. The van der Waals surface area contributed by atoms with E-state index in [1.165, 1.54) is 12.8 Å². The van der Waals surface area contributed by atoms with E-state index in [4.69, 9.17) is 14.5 Å². The summed E-state index contributed by atoms with van der Waals surface area (Å²) in [6.07, 6.45) is 8.33. The van der Waals surface area contributed by atoms with Gasteiger partial charge in [-0.3, -0.25) is 29.1 Å². The smallest absolute Gasteiger partial charge is 0.253 e. The summed E-state index contributed by atoms with van der Waals surface area (Å²) in [5.74, 6) is -0.371. The lowest BCUT2D eigenvalue weighted by molar-refractivity contribution is 0.0845. The molecule has 0 unspecified atom stereocenters. The van der Waals surface area contributed by atoms with E-state index in [1.807, 2.05) is 72.0 Å². The van der Waals surface area contributed by atoms with Gasteiger partial charge in [0.05, 0.1) is 5.69 Å². The monoisotopic (exact) mass is 1030 g/mol. The maximum Gasteiger partial charge on any atom is 0.253 e. The Morgan fingerprint density at radius 1 is 0.676 bits per heavy atom. The summed E-state index contributed by atoms with van der Waals surface area (Å²) in [6.45, 7) is 24.1. The van der Waals surface area contributed by atoms with Gasteiger partial charge >= 0.3 is 0 Å². The van der Waals surface area contributed by atoms with E-state index in [0.717, 1.165) is 151 Å². The van der Waals surface area contributed by atoms with Crippen LogP contribution in [0.3, 0.4) is 0 Å². The lowest BCUT2D eigenvalue weighted by Gasteiger charge is -2.37. The van der Waals surface area contributed by atoms with Crippen LogP contribution in [0.5, 0.6) is 0 Å². The summed E-state index contributed by atoms with van der Waals surface area (Å²) >= 11 is 3.58. The number of pyridine rings is 3. The highest BCUT2D eigenvalue weighted by Gasteiger charge is 2.27. The number of ether oxygens (including phenoxy) is 2. The highest BCUT2D eigenvalue weighted by atomic mass is 79.9. The Morgan fingerprint density at radius 3 is 1.61 bits per heavy atom. The van der Waals surface area contributed by atoms with Crippen molar-refractivity contribution in [3.05, 3.63) is 141 Å². The van der Waals surface area contributed by atoms with Gasteiger partial charge in [0.25, 0.3) is 22.9 Å². The highest BCUT2D eigenvalue weighted by Crippen LogP contribution is 2.35. The van der Waals surface area contributed by atoms with Gasteiger partial charge in [0.15, 0.2) is 0 Å². The van der Waals surface area contributed by atoms with Gasteiger partial charge in [-0.05, 0) is 177 Å². The second-order valence-corrected chi connectivity index (χ2v) is 20.2. The molecule has 0 atom stereocenters. The van der Waals surface area contributed by atoms with Crippen molar-refractivity contribution in [1.29, 1.82) is 0 Å². The Labute approximate surface area is 427 Å². The van der Waals surface area contributed by atoms with Crippen molar-refractivity contribution >= 4 is 39.1 Å². The molecule has 4 N–H and O–H groups in total. The second kappa shape index (κ2) is 24.7. The minimum Gasteiger partial charge on any atom is -0.381 e. The zero-order valence-electron chi connectivity index (χ0n) is 43.0. The summed E-state index contributed by atoms with van der Waals surface area (Å²) in [5.41, 5.74) is 12.5. The van der Waals surface area contributed by atoms with Crippen LogP contribution in [0.25, 0.3) is 11.1 Å². The van der Waals surface area contributed by atoms with Crippen molar-refractivity contribution in [2.45, 2.75) is 126 Å². The first kappa shape index (κ1) is 53.2. The SMILES string of the molecule is CCN(c1cc(-c2ccc(CN3CCCC3)nc2)cc(C(=O)NCc2c(C)cc(C)[nH]c2=O)c1C)C1CCOCC1.CCN(c1cc(Br)cc(C(=O)NCc2c(C)cc(C)[nH]c2=O)c1C)C1CCOCC1. The van der Waals surface area contributed by atoms with Gasteiger partial charge in [-0.2, -0.15) is 0 Å². The molecule has 0 aliphatic carbocycles. The highest BCUT2D eigenvalue weighted by molar-refractivity contribution is 9.10. The first-order valence-electron chi connectivity index (χ1n) is 25.4. The summed E-state index contributed by atoms with van der Waals surface area (Å²) in [4.78, 5) is 69.3. The average molecular weight is 1030 g/mol. The first-order chi connectivity index (χ1) is 34.1. The number of hydrogen-bond donors (Lipinski definition) is 4. The van der Waals surface area contributed by atoms with E-state index in [-0.39, 0.29) is 36.0 Å². The zero-order chi connectivity index (χ0) is 50.8. The van der Waals surface area contributed by atoms with E-state index in [2.05, 4.69) is 89.3 Å². The standard InChI is InChI=1S/C33H43N5O3.C23H30BrN3O3/c1-5-38(28-10-14-41-15-11-28)31-18-26(25-8-9-27(34-19-25)21-37-12-6-7-13-37)17-29(24(31)4)32(39)35-20-30-22(2)16-23(3)36-33(30)40;1-5-27(18-6-8-30-9-7-18)21-12-17(24)11-19(16(21)4)22(28)25-13-20-14(2)10-15(3)26-23(20)29/h8-9,16-19,28H,5-7,10-15,20-21H2,1-4H3,(H,35,39)(H,36,40);10-12,18H,5-9,13H2,1-4H3,(H,25,28)(H,26,29). The fourth-order valence-corrected chi connectivity index (χ4v) is 10.9. The van der Waals surface area contributed by atoms with Crippen molar-refractivity contribution in [3.63, 3.8) is 0 Å². The Morgan fingerprint density at radius 2 is 1.15 bits per heavy atom. The number of hydrogen-bond acceptors (Lipinski definition) is 10. The molecule has 380 valence electrons. The minimum atomic E-state index is -0.188. The predicted molar refractivity (Wildman–Crippen MR) is 287 cm³/mol. The number of anilines is 2. The number of nitrogens with one attached hydrogen (secondary N) is 4. The number of rotatable bonds is 15. The number of carbonyl (C=O) groups excluding carboxylic acids is 2. The molecule has 3 fully saturated rings. The number of carbonyl (C=O) groups is 2. The summed E-state index contributed by atoms with van der Waals surface area (Å²) < 4.78 is 12.0. The molecule has 0 spiro atoms. The fraction of sp³-hybridized carbons (Fsp3) is 0.482. The van der Waals surface area contributed by atoms with E-state index < -0.39 is 0 Å². The number of likely N-dealkylation sites (tertiary alicyclic amines) is 1. The molecule has 8 rings (SSSR count). The number of aromatic amines is 2. The molecule has 2 aromatic carbocycles. The Bertz CT molecular complexity index is 2770. The number of nitrogens with zero attached hydrogens (tertiary/aromatic N) is 4. The lowest BCUT2D eigenvalue weighted by Crippen LogP contribution is -2.40. The molecule has 2 amide bonds. The third-order valence-corrected chi connectivity index (χ3v) is 14.8. The molecule has 0 saturated carbocycles.